The predicted molar refractivity (Wildman–Crippen MR) is 179 cm³/mol. The van der Waals surface area contributed by atoms with E-state index in [2.05, 4.69) is 20.8 Å². The van der Waals surface area contributed by atoms with Crippen LogP contribution in [-0.2, 0) is 33.8 Å². The van der Waals surface area contributed by atoms with Crippen LogP contribution in [0.15, 0.2) is 95.5 Å². The van der Waals surface area contributed by atoms with E-state index in [0.29, 0.717) is 27.9 Å². The van der Waals surface area contributed by atoms with Crippen LogP contribution in [0.4, 0.5) is 19.3 Å². The smallest absolute Gasteiger partial charge is 0.412 e. The molecule has 0 radical (unpaired) electrons. The van der Waals surface area contributed by atoms with Gasteiger partial charge in [0.25, 0.3) is 5.89 Å². The number of carboxylic acid groups (broad SMARTS) is 1. The molecule has 0 fully saturated rings. The number of nitrogens with zero attached hydrogens (tertiary/aromatic N) is 2. The zero-order chi connectivity index (χ0) is 35.1. The number of nitrogens with one attached hydrogen (secondary N) is 2. The Kier molecular flexibility index (Phi) is 10.5. The second kappa shape index (κ2) is 14.9. The van der Waals surface area contributed by atoms with E-state index in [9.17, 15) is 23.9 Å². The molecule has 0 aliphatic carbocycles. The van der Waals surface area contributed by atoms with Crippen LogP contribution in [0.2, 0.25) is 0 Å². The molecule has 49 heavy (non-hydrogen) atoms. The fraction of sp³-hybridized carbons (Fsp3) is 0.216. The number of anilines is 1. The molecule has 252 valence electrons. The Morgan fingerprint density at radius 2 is 1.45 bits per heavy atom. The van der Waals surface area contributed by atoms with Crippen molar-refractivity contribution in [1.29, 1.82) is 0 Å². The van der Waals surface area contributed by atoms with Gasteiger partial charge >= 0.3 is 12.1 Å². The summed E-state index contributed by atoms with van der Waals surface area (Å²) in [5, 5.41) is 18.8. The Bertz CT molecular complexity index is 1940. The van der Waals surface area contributed by atoms with E-state index in [-0.39, 0.29) is 30.1 Å². The van der Waals surface area contributed by atoms with Crippen molar-refractivity contribution in [2.75, 3.05) is 5.32 Å². The molecule has 10 nitrogen and oxygen atoms in total. The van der Waals surface area contributed by atoms with E-state index in [1.165, 1.54) is 18.2 Å². The summed E-state index contributed by atoms with van der Waals surface area (Å²) in [6.07, 6.45) is -0.812. The number of alkyl halides is 1. The van der Waals surface area contributed by atoms with E-state index in [1.54, 1.807) is 69.3 Å². The number of carboxylic acids is 1. The molecule has 0 saturated heterocycles. The summed E-state index contributed by atoms with van der Waals surface area (Å²) >= 11 is 0. The number of amides is 2. The lowest BCUT2D eigenvalue weighted by Crippen LogP contribution is -2.43. The van der Waals surface area contributed by atoms with E-state index >= 15 is 4.39 Å². The summed E-state index contributed by atoms with van der Waals surface area (Å²) in [5.74, 6) is -2.35. The maximum Gasteiger partial charge on any atom is 0.412 e. The molecule has 0 bridgehead atoms. The minimum Gasteiger partial charge on any atom is -0.480 e. The second-order valence-electron chi connectivity index (χ2n) is 12.3. The van der Waals surface area contributed by atoms with E-state index < -0.39 is 42.1 Å². The zero-order valence-electron chi connectivity index (χ0n) is 27.0. The first-order chi connectivity index (χ1) is 23.4. The molecule has 3 N–H and O–H groups in total. The van der Waals surface area contributed by atoms with Gasteiger partial charge in [-0.3, -0.25) is 10.1 Å². The monoisotopic (exact) mass is 668 g/mol. The molecular weight excluding hydrogens is 634 g/mol. The van der Waals surface area contributed by atoms with Crippen LogP contribution in [0.3, 0.4) is 0 Å². The third kappa shape index (κ3) is 9.34. The summed E-state index contributed by atoms with van der Waals surface area (Å²) < 4.78 is 38.6. The molecule has 12 heteroatoms. The summed E-state index contributed by atoms with van der Waals surface area (Å²) in [6.45, 7) is 4.74. The average molecular weight is 669 g/mol. The van der Waals surface area contributed by atoms with Gasteiger partial charge in [0.1, 0.15) is 24.1 Å². The number of aliphatic carboxylic acids is 1. The van der Waals surface area contributed by atoms with E-state index in [1.807, 2.05) is 24.3 Å². The van der Waals surface area contributed by atoms with Crippen LogP contribution in [-0.4, -0.2) is 44.9 Å². The highest BCUT2D eigenvalue weighted by atomic mass is 19.1. The summed E-state index contributed by atoms with van der Waals surface area (Å²) in [6, 6.07) is 23.6. The third-order valence-corrected chi connectivity index (χ3v) is 7.31. The molecule has 2 amide bonds. The van der Waals surface area contributed by atoms with Crippen molar-refractivity contribution >= 4 is 23.7 Å². The largest absolute Gasteiger partial charge is 0.480 e. The first kappa shape index (κ1) is 34.4. The topological polar surface area (TPSA) is 144 Å². The molecule has 0 aliphatic heterocycles. The molecule has 1 unspecified atom stereocenters. The summed E-state index contributed by atoms with van der Waals surface area (Å²) in [7, 11) is 0. The number of aromatic nitrogens is 2. The van der Waals surface area contributed by atoms with Gasteiger partial charge in [0, 0.05) is 17.7 Å². The fourth-order valence-electron chi connectivity index (χ4n) is 4.90. The Labute approximate surface area is 281 Å². The van der Waals surface area contributed by atoms with Gasteiger partial charge in [-0.2, -0.15) is 4.98 Å². The minimum atomic E-state index is -1.30. The quantitative estimate of drug-likeness (QED) is 0.132. The third-order valence-electron chi connectivity index (χ3n) is 7.31. The lowest BCUT2D eigenvalue weighted by molar-refractivity contribution is -0.141. The first-order valence-electron chi connectivity index (χ1n) is 15.4. The highest BCUT2D eigenvalue weighted by Gasteiger charge is 2.22. The number of carbonyl (C=O) groups excluding carboxylic acids is 2. The molecule has 5 rings (SSSR count). The molecule has 0 spiro atoms. The summed E-state index contributed by atoms with van der Waals surface area (Å²) in [5.41, 5.74) is 3.81. The molecule has 1 atom stereocenters. The van der Waals surface area contributed by atoms with Crippen LogP contribution in [0.25, 0.3) is 34.0 Å². The number of ether oxygens (including phenoxy) is 1. The Balaban J connectivity index is 1.18. The van der Waals surface area contributed by atoms with Gasteiger partial charge in [0.05, 0.1) is 12.0 Å². The number of hydrogen-bond acceptors (Lipinski definition) is 7. The van der Waals surface area contributed by atoms with Crippen molar-refractivity contribution in [2.45, 2.75) is 51.9 Å². The van der Waals surface area contributed by atoms with Gasteiger partial charge in [-0.05, 0) is 85.0 Å². The van der Waals surface area contributed by atoms with Crippen molar-refractivity contribution in [3.05, 3.63) is 114 Å². The van der Waals surface area contributed by atoms with Crippen molar-refractivity contribution in [2.24, 2.45) is 0 Å². The molecule has 5 aromatic rings. The van der Waals surface area contributed by atoms with Gasteiger partial charge in [0.15, 0.2) is 0 Å². The maximum absolute atomic E-state index is 15.2. The summed E-state index contributed by atoms with van der Waals surface area (Å²) in [4.78, 5) is 41.0. The fourth-order valence-corrected chi connectivity index (χ4v) is 4.90. The number of hydrogen-bond donors (Lipinski definition) is 3. The molecule has 0 aliphatic rings. The molecule has 1 aromatic heterocycles. The van der Waals surface area contributed by atoms with Crippen LogP contribution in [0.5, 0.6) is 0 Å². The molecule has 1 heterocycles. The normalized spacial score (nSPS) is 11.9. The highest BCUT2D eigenvalue weighted by molar-refractivity contribution is 5.86. The number of carbonyl (C=O) groups is 3. The Hall–Kier alpha value is -5.91. The van der Waals surface area contributed by atoms with Gasteiger partial charge in [-0.1, -0.05) is 59.8 Å². The van der Waals surface area contributed by atoms with Crippen LogP contribution in [0, 0.1) is 5.82 Å². The molecule has 0 saturated carbocycles. The van der Waals surface area contributed by atoms with E-state index in [4.69, 9.17) is 9.26 Å². The zero-order valence-corrected chi connectivity index (χ0v) is 27.0. The second-order valence-corrected chi connectivity index (χ2v) is 12.3. The Morgan fingerprint density at radius 3 is 2.02 bits per heavy atom. The van der Waals surface area contributed by atoms with Crippen LogP contribution >= 0.6 is 0 Å². The number of benzene rings is 4. The molecule has 4 aromatic carbocycles. The van der Waals surface area contributed by atoms with Crippen molar-refractivity contribution in [3.63, 3.8) is 0 Å². The first-order valence-corrected chi connectivity index (χ1v) is 15.4. The minimum absolute atomic E-state index is 0.0131. The van der Waals surface area contributed by atoms with E-state index in [0.717, 1.165) is 11.1 Å². The van der Waals surface area contributed by atoms with Crippen molar-refractivity contribution in [3.8, 4) is 34.0 Å². The number of rotatable bonds is 11. The van der Waals surface area contributed by atoms with Gasteiger partial charge in [-0.25, -0.2) is 18.4 Å². The van der Waals surface area contributed by atoms with Crippen LogP contribution in [0.1, 0.15) is 37.5 Å². The van der Waals surface area contributed by atoms with Crippen molar-refractivity contribution in [1.82, 2.24) is 15.5 Å². The van der Waals surface area contributed by atoms with Crippen molar-refractivity contribution < 1.29 is 37.5 Å². The van der Waals surface area contributed by atoms with Crippen LogP contribution < -0.4 is 10.6 Å². The van der Waals surface area contributed by atoms with Gasteiger partial charge < -0.3 is 19.7 Å². The lowest BCUT2D eigenvalue weighted by Gasteiger charge is -2.19. The SMILES string of the molecule is CC(C)(C)OC(=O)Nc1ccc(-c2nc(-c3ccc(CC(NC(=O)Cc4ccc(-c5ccc(CF)cc5)cc4)C(=O)O)cc3F)no2)cc1. The Morgan fingerprint density at radius 1 is 0.857 bits per heavy atom. The molecular formula is C37H34F2N4O6. The standard InChI is InChI=1S/C37H34F2N4O6/c1-37(2,3)48-36(47)40-28-15-13-27(14-16-28)34-42-33(43-49-34)29-17-8-24(18-30(29)39)19-31(35(45)46)41-32(44)20-22-4-9-25(10-5-22)26-11-6-23(21-38)7-12-26/h4-18,31H,19-21H2,1-3H3,(H,40,47)(H,41,44)(H,45,46). The number of halogens is 2. The maximum atomic E-state index is 15.2. The predicted octanol–water partition coefficient (Wildman–Crippen LogP) is 7.38. The average Bonchev–Trinajstić information content (AvgIpc) is 3.54. The highest BCUT2D eigenvalue weighted by Crippen LogP contribution is 2.27. The van der Waals surface area contributed by atoms with Gasteiger partial charge in [0.2, 0.25) is 11.7 Å². The van der Waals surface area contributed by atoms with Gasteiger partial charge in [-0.15, -0.1) is 0 Å². The lowest BCUT2D eigenvalue weighted by atomic mass is 10.0.